The van der Waals surface area contributed by atoms with Crippen LogP contribution in [0.1, 0.15) is 36.6 Å². The van der Waals surface area contributed by atoms with Crippen molar-refractivity contribution in [2.24, 2.45) is 5.92 Å². The van der Waals surface area contributed by atoms with E-state index in [-0.39, 0.29) is 0 Å². The van der Waals surface area contributed by atoms with Crippen molar-refractivity contribution in [1.29, 1.82) is 0 Å². The average Bonchev–Trinajstić information content (AvgIpc) is 2.45. The maximum absolute atomic E-state index is 3.45. The molecule has 0 aliphatic heterocycles. The van der Waals surface area contributed by atoms with Crippen molar-refractivity contribution in [3.05, 3.63) is 71.3 Å². The predicted octanol–water partition coefficient (Wildman–Crippen LogP) is 4.39. The second kappa shape index (κ2) is 7.25. The normalized spacial score (nSPS) is 12.6. The summed E-state index contributed by atoms with van der Waals surface area (Å²) in [5, 5.41) is 3.45. The van der Waals surface area contributed by atoms with E-state index in [1.54, 1.807) is 0 Å². The molecule has 106 valence electrons. The third kappa shape index (κ3) is 4.21. The van der Waals surface area contributed by atoms with Crippen LogP contribution in [0.2, 0.25) is 0 Å². The fraction of sp³-hybridized carbons (Fsp3) is 0.368. The van der Waals surface area contributed by atoms with E-state index in [0.29, 0.717) is 12.0 Å². The molecule has 0 amide bonds. The first-order chi connectivity index (χ1) is 9.69. The summed E-state index contributed by atoms with van der Waals surface area (Å²) in [7, 11) is 2.04. The number of rotatable bonds is 6. The second-order valence-electron chi connectivity index (χ2n) is 5.87. The van der Waals surface area contributed by atoms with Crippen LogP contribution < -0.4 is 5.32 Å². The number of likely N-dealkylation sites (N-methyl/N-ethyl adjacent to an activating group) is 1. The number of nitrogens with one attached hydrogen (secondary N) is 1. The van der Waals surface area contributed by atoms with Crippen LogP contribution in [0.5, 0.6) is 0 Å². The van der Waals surface area contributed by atoms with E-state index in [1.807, 2.05) is 7.05 Å². The van der Waals surface area contributed by atoms with E-state index in [0.717, 1.165) is 12.8 Å². The highest BCUT2D eigenvalue weighted by Gasteiger charge is 2.10. The van der Waals surface area contributed by atoms with Crippen LogP contribution in [0, 0.1) is 5.92 Å². The van der Waals surface area contributed by atoms with Crippen LogP contribution in [0.4, 0.5) is 0 Å². The zero-order chi connectivity index (χ0) is 14.4. The maximum Gasteiger partial charge on any atom is 0.0358 e. The highest BCUT2D eigenvalue weighted by atomic mass is 14.9. The third-order valence-corrected chi connectivity index (χ3v) is 3.63. The summed E-state index contributed by atoms with van der Waals surface area (Å²) in [5.41, 5.74) is 4.20. The van der Waals surface area contributed by atoms with Crippen LogP contribution in [0.25, 0.3) is 0 Å². The number of benzene rings is 2. The molecule has 0 bridgehead atoms. The van der Waals surface area contributed by atoms with E-state index in [9.17, 15) is 0 Å². The summed E-state index contributed by atoms with van der Waals surface area (Å²) in [5.74, 6) is 0.701. The summed E-state index contributed by atoms with van der Waals surface area (Å²) < 4.78 is 0. The van der Waals surface area contributed by atoms with E-state index in [2.05, 4.69) is 73.8 Å². The molecule has 0 aliphatic rings. The minimum absolute atomic E-state index is 0.379. The second-order valence-corrected chi connectivity index (χ2v) is 5.87. The topological polar surface area (TPSA) is 12.0 Å². The Kier molecular flexibility index (Phi) is 5.37. The van der Waals surface area contributed by atoms with Gasteiger partial charge in [-0.2, -0.15) is 0 Å². The third-order valence-electron chi connectivity index (χ3n) is 3.63. The van der Waals surface area contributed by atoms with Crippen LogP contribution >= 0.6 is 0 Å². The van der Waals surface area contributed by atoms with Crippen LogP contribution in [-0.2, 0) is 12.8 Å². The molecule has 0 heterocycles. The zero-order valence-electron chi connectivity index (χ0n) is 12.8. The van der Waals surface area contributed by atoms with Crippen molar-refractivity contribution in [3.63, 3.8) is 0 Å². The Hall–Kier alpha value is -1.60. The lowest BCUT2D eigenvalue weighted by atomic mass is 9.95. The Morgan fingerprint density at radius 2 is 1.55 bits per heavy atom. The highest BCUT2D eigenvalue weighted by Crippen LogP contribution is 2.20. The van der Waals surface area contributed by atoms with Crippen LogP contribution in [0.15, 0.2) is 54.6 Å². The van der Waals surface area contributed by atoms with Crippen molar-refractivity contribution in [2.45, 2.75) is 32.7 Å². The summed E-state index contributed by atoms with van der Waals surface area (Å²) >= 11 is 0. The molecule has 0 fully saturated rings. The van der Waals surface area contributed by atoms with Gasteiger partial charge in [-0.25, -0.2) is 0 Å². The molecule has 0 aliphatic carbocycles. The van der Waals surface area contributed by atoms with Gasteiger partial charge in [0.15, 0.2) is 0 Å². The Balaban J connectivity index is 2.15. The van der Waals surface area contributed by atoms with Gasteiger partial charge in [0.1, 0.15) is 0 Å². The molecule has 20 heavy (non-hydrogen) atoms. The Bertz CT molecular complexity index is 516. The fourth-order valence-corrected chi connectivity index (χ4v) is 2.64. The Morgan fingerprint density at radius 1 is 0.850 bits per heavy atom. The number of hydrogen-bond donors (Lipinski definition) is 1. The van der Waals surface area contributed by atoms with Gasteiger partial charge in [0.05, 0.1) is 0 Å². The van der Waals surface area contributed by atoms with Gasteiger partial charge >= 0.3 is 0 Å². The molecule has 0 saturated carbocycles. The predicted molar refractivity (Wildman–Crippen MR) is 86.9 cm³/mol. The molecule has 2 aromatic rings. The molecule has 1 unspecified atom stereocenters. The average molecular weight is 267 g/mol. The lowest BCUT2D eigenvalue weighted by Crippen LogP contribution is -2.19. The lowest BCUT2D eigenvalue weighted by Gasteiger charge is -2.18. The molecular weight excluding hydrogens is 242 g/mol. The maximum atomic E-state index is 3.45. The van der Waals surface area contributed by atoms with Gasteiger partial charge in [-0.3, -0.25) is 0 Å². The van der Waals surface area contributed by atoms with Gasteiger partial charge in [0, 0.05) is 6.04 Å². The Labute approximate surface area is 123 Å². The molecule has 1 nitrogen and oxygen atoms in total. The summed E-state index contributed by atoms with van der Waals surface area (Å²) in [4.78, 5) is 0. The minimum atomic E-state index is 0.379. The summed E-state index contributed by atoms with van der Waals surface area (Å²) in [6.45, 7) is 4.54. The first-order valence-corrected chi connectivity index (χ1v) is 7.49. The molecular formula is C19H25N. The zero-order valence-corrected chi connectivity index (χ0v) is 12.8. The van der Waals surface area contributed by atoms with E-state index in [1.165, 1.54) is 16.7 Å². The van der Waals surface area contributed by atoms with Gasteiger partial charge in [-0.1, -0.05) is 68.4 Å². The van der Waals surface area contributed by atoms with Gasteiger partial charge in [0.2, 0.25) is 0 Å². The van der Waals surface area contributed by atoms with Crippen molar-refractivity contribution in [2.75, 3.05) is 7.05 Å². The van der Waals surface area contributed by atoms with Gasteiger partial charge in [-0.15, -0.1) is 0 Å². The van der Waals surface area contributed by atoms with Gasteiger partial charge in [0.25, 0.3) is 0 Å². The molecule has 2 aromatic carbocycles. The largest absolute Gasteiger partial charge is 0.313 e. The SMILES string of the molecule is CNC(Cc1ccccc1)c1cccc(CC(C)C)c1. The fourth-order valence-electron chi connectivity index (χ4n) is 2.64. The lowest BCUT2D eigenvalue weighted by molar-refractivity contribution is 0.589. The van der Waals surface area contributed by atoms with Crippen molar-refractivity contribution in [3.8, 4) is 0 Å². The minimum Gasteiger partial charge on any atom is -0.313 e. The summed E-state index contributed by atoms with van der Waals surface area (Å²) in [6.07, 6.45) is 2.18. The molecule has 0 spiro atoms. The van der Waals surface area contributed by atoms with E-state index >= 15 is 0 Å². The quantitative estimate of drug-likeness (QED) is 0.818. The first kappa shape index (κ1) is 14.8. The summed E-state index contributed by atoms with van der Waals surface area (Å²) in [6, 6.07) is 20.1. The molecule has 1 N–H and O–H groups in total. The molecule has 2 rings (SSSR count). The standard InChI is InChI=1S/C19H25N/c1-15(2)12-17-10-7-11-18(13-17)19(20-3)14-16-8-5-4-6-9-16/h4-11,13,15,19-20H,12,14H2,1-3H3. The molecule has 1 heteroatoms. The van der Waals surface area contributed by atoms with Crippen LogP contribution in [0.3, 0.4) is 0 Å². The molecule has 1 atom stereocenters. The van der Waals surface area contributed by atoms with Crippen molar-refractivity contribution < 1.29 is 0 Å². The molecule has 0 radical (unpaired) electrons. The van der Waals surface area contributed by atoms with Gasteiger partial charge < -0.3 is 5.32 Å². The van der Waals surface area contributed by atoms with E-state index in [4.69, 9.17) is 0 Å². The first-order valence-electron chi connectivity index (χ1n) is 7.49. The smallest absolute Gasteiger partial charge is 0.0358 e. The van der Waals surface area contributed by atoms with Crippen LogP contribution in [-0.4, -0.2) is 7.05 Å². The monoisotopic (exact) mass is 267 g/mol. The van der Waals surface area contributed by atoms with E-state index < -0.39 is 0 Å². The molecule has 0 saturated heterocycles. The van der Waals surface area contributed by atoms with Gasteiger partial charge in [-0.05, 0) is 42.5 Å². The van der Waals surface area contributed by atoms with Crippen molar-refractivity contribution in [1.82, 2.24) is 5.32 Å². The number of hydrogen-bond acceptors (Lipinski definition) is 1. The van der Waals surface area contributed by atoms with Crippen molar-refractivity contribution >= 4 is 0 Å². The highest BCUT2D eigenvalue weighted by molar-refractivity contribution is 5.28. The molecule has 0 aromatic heterocycles. The Morgan fingerprint density at radius 3 is 2.20 bits per heavy atom.